The molecule has 6 heteroatoms. The second-order valence-corrected chi connectivity index (χ2v) is 6.63. The van der Waals surface area contributed by atoms with Crippen LogP contribution in [0.15, 0.2) is 60.0 Å². The average Bonchev–Trinajstić information content (AvgIpc) is 3.12. The molecule has 0 aliphatic carbocycles. The van der Waals surface area contributed by atoms with E-state index in [2.05, 4.69) is 64.1 Å². The Kier molecular flexibility index (Phi) is 6.35. The van der Waals surface area contributed by atoms with Crippen LogP contribution in [0.2, 0.25) is 0 Å². The maximum Gasteiger partial charge on any atom is 0.321 e. The second kappa shape index (κ2) is 9.12. The summed E-state index contributed by atoms with van der Waals surface area (Å²) in [5.74, 6) is 0. The van der Waals surface area contributed by atoms with Crippen LogP contribution in [0.4, 0.5) is 9.93 Å². The lowest BCUT2D eigenvalue weighted by molar-refractivity contribution is 0.198. The Hall–Kier alpha value is -2.70. The van der Waals surface area contributed by atoms with E-state index in [4.69, 9.17) is 4.74 Å². The fourth-order valence-corrected chi connectivity index (χ4v) is 3.21. The molecule has 26 heavy (non-hydrogen) atoms. The standard InChI is InChI=1S/C20H21N3O2S/c1-25-12-11-21-19(24)23-20-22-18(14-26-20)17-9-7-16(8-10-17)13-15-5-3-2-4-6-15/h2-10,14H,11-13H2,1H3,(H2,21,22,23,24). The van der Waals surface area contributed by atoms with Gasteiger partial charge in [0, 0.05) is 24.6 Å². The summed E-state index contributed by atoms with van der Waals surface area (Å²) in [7, 11) is 1.60. The van der Waals surface area contributed by atoms with Gasteiger partial charge in [0.2, 0.25) is 0 Å². The van der Waals surface area contributed by atoms with E-state index in [0.29, 0.717) is 18.3 Å². The summed E-state index contributed by atoms with van der Waals surface area (Å²) in [5, 5.41) is 7.95. The smallest absolute Gasteiger partial charge is 0.321 e. The quantitative estimate of drug-likeness (QED) is 0.616. The lowest BCUT2D eigenvalue weighted by atomic mass is 10.0. The molecule has 0 unspecified atom stereocenters. The molecule has 0 fully saturated rings. The number of ether oxygens (including phenoxy) is 1. The summed E-state index contributed by atoms with van der Waals surface area (Å²) >= 11 is 1.40. The highest BCUT2D eigenvalue weighted by atomic mass is 32.1. The molecule has 0 spiro atoms. The Balaban J connectivity index is 1.59. The number of carbonyl (C=O) groups is 1. The van der Waals surface area contributed by atoms with Crippen LogP contribution in [-0.4, -0.2) is 31.3 Å². The molecule has 5 nitrogen and oxygen atoms in total. The topological polar surface area (TPSA) is 63.2 Å². The molecule has 0 bridgehead atoms. The number of benzene rings is 2. The van der Waals surface area contributed by atoms with E-state index in [-0.39, 0.29) is 6.03 Å². The normalized spacial score (nSPS) is 10.5. The predicted octanol–water partition coefficient (Wildman–Crippen LogP) is 4.17. The number of rotatable bonds is 7. The number of anilines is 1. The molecule has 0 aliphatic rings. The summed E-state index contributed by atoms with van der Waals surface area (Å²) in [6, 6.07) is 18.5. The third kappa shape index (κ3) is 5.15. The van der Waals surface area contributed by atoms with Gasteiger partial charge in [0.25, 0.3) is 0 Å². The zero-order chi connectivity index (χ0) is 18.2. The lowest BCUT2D eigenvalue weighted by Gasteiger charge is -2.04. The molecule has 1 aromatic heterocycles. The first-order valence-corrected chi connectivity index (χ1v) is 9.25. The minimum atomic E-state index is -0.277. The van der Waals surface area contributed by atoms with Crippen LogP contribution < -0.4 is 10.6 Å². The largest absolute Gasteiger partial charge is 0.383 e. The number of carbonyl (C=O) groups excluding carboxylic acids is 1. The molecule has 1 heterocycles. The van der Waals surface area contributed by atoms with Crippen molar-refractivity contribution in [2.45, 2.75) is 6.42 Å². The lowest BCUT2D eigenvalue weighted by Crippen LogP contribution is -2.31. The van der Waals surface area contributed by atoms with Crippen molar-refractivity contribution in [3.63, 3.8) is 0 Å². The molecule has 3 rings (SSSR count). The van der Waals surface area contributed by atoms with Gasteiger partial charge in [-0.1, -0.05) is 54.6 Å². The fraction of sp³-hybridized carbons (Fsp3) is 0.200. The van der Waals surface area contributed by atoms with Crippen molar-refractivity contribution in [2.75, 3.05) is 25.6 Å². The number of urea groups is 1. The van der Waals surface area contributed by atoms with E-state index >= 15 is 0 Å². The molecule has 3 aromatic rings. The number of methoxy groups -OCH3 is 1. The van der Waals surface area contributed by atoms with Gasteiger partial charge in [0.15, 0.2) is 5.13 Å². The number of hydrogen-bond acceptors (Lipinski definition) is 4. The van der Waals surface area contributed by atoms with Gasteiger partial charge in [-0.25, -0.2) is 9.78 Å². The van der Waals surface area contributed by atoms with Crippen LogP contribution in [0.1, 0.15) is 11.1 Å². The zero-order valence-corrected chi connectivity index (χ0v) is 15.4. The van der Waals surface area contributed by atoms with Crippen molar-refractivity contribution in [3.05, 3.63) is 71.1 Å². The van der Waals surface area contributed by atoms with Crippen molar-refractivity contribution in [1.82, 2.24) is 10.3 Å². The Labute approximate surface area is 157 Å². The fourth-order valence-electron chi connectivity index (χ4n) is 2.50. The minimum absolute atomic E-state index is 0.277. The Bertz CT molecular complexity index is 832. The van der Waals surface area contributed by atoms with Gasteiger partial charge >= 0.3 is 6.03 Å². The zero-order valence-electron chi connectivity index (χ0n) is 14.6. The second-order valence-electron chi connectivity index (χ2n) is 5.77. The predicted molar refractivity (Wildman–Crippen MR) is 106 cm³/mol. The summed E-state index contributed by atoms with van der Waals surface area (Å²) < 4.78 is 4.90. The average molecular weight is 367 g/mol. The maximum absolute atomic E-state index is 11.7. The van der Waals surface area contributed by atoms with Crippen molar-refractivity contribution in [1.29, 1.82) is 0 Å². The summed E-state index contributed by atoms with van der Waals surface area (Å²) in [6.07, 6.45) is 0.909. The van der Waals surface area contributed by atoms with E-state index in [9.17, 15) is 4.79 Å². The van der Waals surface area contributed by atoms with Gasteiger partial charge in [-0.2, -0.15) is 0 Å². The van der Waals surface area contributed by atoms with E-state index in [0.717, 1.165) is 17.7 Å². The van der Waals surface area contributed by atoms with Crippen LogP contribution >= 0.6 is 11.3 Å². The van der Waals surface area contributed by atoms with E-state index in [1.807, 2.05) is 11.4 Å². The number of nitrogens with one attached hydrogen (secondary N) is 2. The molecule has 2 N–H and O–H groups in total. The molecular formula is C20H21N3O2S. The van der Waals surface area contributed by atoms with Crippen molar-refractivity contribution in [3.8, 4) is 11.3 Å². The number of amides is 2. The van der Waals surface area contributed by atoms with E-state index in [1.165, 1.54) is 22.5 Å². The van der Waals surface area contributed by atoms with Gasteiger partial charge < -0.3 is 10.1 Å². The van der Waals surface area contributed by atoms with Crippen LogP contribution in [0.25, 0.3) is 11.3 Å². The Morgan fingerprint density at radius 2 is 1.81 bits per heavy atom. The number of hydrogen-bond donors (Lipinski definition) is 2. The first-order chi connectivity index (χ1) is 12.7. The molecule has 2 amide bonds. The minimum Gasteiger partial charge on any atom is -0.383 e. The molecule has 2 aromatic carbocycles. The van der Waals surface area contributed by atoms with E-state index in [1.54, 1.807) is 7.11 Å². The Morgan fingerprint density at radius 1 is 1.08 bits per heavy atom. The summed E-state index contributed by atoms with van der Waals surface area (Å²) in [4.78, 5) is 16.2. The summed E-state index contributed by atoms with van der Waals surface area (Å²) in [6.45, 7) is 0.940. The van der Waals surface area contributed by atoms with Gasteiger partial charge in [-0.15, -0.1) is 11.3 Å². The van der Waals surface area contributed by atoms with Crippen molar-refractivity contribution < 1.29 is 9.53 Å². The molecule has 0 saturated carbocycles. The third-order valence-electron chi connectivity index (χ3n) is 3.82. The van der Waals surface area contributed by atoms with Crippen LogP contribution in [-0.2, 0) is 11.2 Å². The van der Waals surface area contributed by atoms with Gasteiger partial charge in [-0.05, 0) is 17.5 Å². The Morgan fingerprint density at radius 3 is 2.54 bits per heavy atom. The van der Waals surface area contributed by atoms with Crippen molar-refractivity contribution in [2.24, 2.45) is 0 Å². The van der Waals surface area contributed by atoms with E-state index < -0.39 is 0 Å². The highest BCUT2D eigenvalue weighted by Crippen LogP contribution is 2.25. The maximum atomic E-state index is 11.7. The molecule has 0 aliphatic heterocycles. The van der Waals surface area contributed by atoms with Crippen LogP contribution in [0.3, 0.4) is 0 Å². The number of nitrogens with zero attached hydrogens (tertiary/aromatic N) is 1. The molecule has 0 radical (unpaired) electrons. The van der Waals surface area contributed by atoms with Gasteiger partial charge in [0.1, 0.15) is 0 Å². The van der Waals surface area contributed by atoms with Gasteiger partial charge in [-0.3, -0.25) is 5.32 Å². The number of aromatic nitrogens is 1. The highest BCUT2D eigenvalue weighted by molar-refractivity contribution is 7.14. The molecule has 0 atom stereocenters. The summed E-state index contributed by atoms with van der Waals surface area (Å²) in [5.41, 5.74) is 4.44. The SMILES string of the molecule is COCCNC(=O)Nc1nc(-c2ccc(Cc3ccccc3)cc2)cs1. The highest BCUT2D eigenvalue weighted by Gasteiger charge is 2.08. The number of thiazole rings is 1. The van der Waals surface area contributed by atoms with Crippen molar-refractivity contribution >= 4 is 22.5 Å². The first kappa shape index (κ1) is 18.1. The van der Waals surface area contributed by atoms with Gasteiger partial charge in [0.05, 0.1) is 12.3 Å². The monoisotopic (exact) mass is 367 g/mol. The molecular weight excluding hydrogens is 346 g/mol. The van der Waals surface area contributed by atoms with Crippen LogP contribution in [0, 0.1) is 0 Å². The van der Waals surface area contributed by atoms with Crippen LogP contribution in [0.5, 0.6) is 0 Å². The third-order valence-corrected chi connectivity index (χ3v) is 4.57. The first-order valence-electron chi connectivity index (χ1n) is 8.37. The molecule has 0 saturated heterocycles. The molecule has 134 valence electrons.